The van der Waals surface area contributed by atoms with E-state index in [2.05, 4.69) is 27.7 Å². The topological polar surface area (TPSA) is 69.6 Å². The molecule has 0 aliphatic heterocycles. The zero-order valence-electron chi connectivity index (χ0n) is 19.5. The molecule has 0 radical (unpaired) electrons. The highest BCUT2D eigenvalue weighted by molar-refractivity contribution is 14.1. The zero-order chi connectivity index (χ0) is 25.2. The van der Waals surface area contributed by atoms with E-state index in [1.807, 2.05) is 97.1 Å². The van der Waals surface area contributed by atoms with Crippen LogP contribution < -0.4 is 10.3 Å². The minimum absolute atomic E-state index is 0.269. The van der Waals surface area contributed by atoms with Gasteiger partial charge in [-0.15, -0.1) is 0 Å². The summed E-state index contributed by atoms with van der Waals surface area (Å²) >= 11 is 2.24. The number of furan rings is 1. The molecule has 0 saturated heterocycles. The zero-order valence-corrected chi connectivity index (χ0v) is 21.7. The van der Waals surface area contributed by atoms with Crippen LogP contribution in [0.2, 0.25) is 0 Å². The molecule has 0 N–H and O–H groups in total. The molecule has 0 fully saturated rings. The van der Waals surface area contributed by atoms with Gasteiger partial charge in [-0.1, -0.05) is 60.7 Å². The summed E-state index contributed by atoms with van der Waals surface area (Å²) < 4.78 is 14.3. The number of hydrogen-bond acceptors (Lipinski definition) is 5. The van der Waals surface area contributed by atoms with Gasteiger partial charge in [-0.25, -0.2) is 4.98 Å². The largest absolute Gasteiger partial charge is 0.488 e. The van der Waals surface area contributed by atoms with E-state index >= 15 is 0 Å². The Labute approximate surface area is 226 Å². The maximum Gasteiger partial charge on any atom is 0.282 e. The molecule has 6 aromatic rings. The number of fused-ring (bicyclic) bond motifs is 2. The predicted molar refractivity (Wildman–Crippen MR) is 154 cm³/mol. The Hall–Kier alpha value is -4.24. The molecular formula is C30H20IN3O3. The number of rotatable bonds is 6. The third kappa shape index (κ3) is 4.77. The first-order chi connectivity index (χ1) is 18.2. The molecule has 37 heavy (non-hydrogen) atoms. The van der Waals surface area contributed by atoms with Gasteiger partial charge >= 0.3 is 0 Å². The number of nitrogens with zero attached hydrogens (tertiary/aromatic N) is 3. The van der Waals surface area contributed by atoms with Crippen LogP contribution in [0.25, 0.3) is 33.5 Å². The summed E-state index contributed by atoms with van der Waals surface area (Å²) in [4.78, 5) is 18.2. The smallest absolute Gasteiger partial charge is 0.282 e. The molecule has 2 aromatic heterocycles. The molecule has 6 nitrogen and oxygen atoms in total. The van der Waals surface area contributed by atoms with E-state index in [1.165, 1.54) is 4.68 Å². The molecule has 0 aliphatic carbocycles. The van der Waals surface area contributed by atoms with E-state index in [0.29, 0.717) is 29.1 Å². The summed E-state index contributed by atoms with van der Waals surface area (Å²) in [7, 11) is 0. The summed E-state index contributed by atoms with van der Waals surface area (Å²) in [6, 6.07) is 32.6. The van der Waals surface area contributed by atoms with Crippen molar-refractivity contribution >= 4 is 50.7 Å². The van der Waals surface area contributed by atoms with Gasteiger partial charge in [0.1, 0.15) is 17.9 Å². The average Bonchev–Trinajstić information content (AvgIpc) is 3.37. The first kappa shape index (κ1) is 23.2. The summed E-state index contributed by atoms with van der Waals surface area (Å²) in [6.07, 6.45) is 1.65. The van der Waals surface area contributed by atoms with Crippen LogP contribution in [0.4, 0.5) is 0 Å². The second kappa shape index (κ2) is 10.0. The van der Waals surface area contributed by atoms with E-state index in [0.717, 1.165) is 31.4 Å². The number of para-hydroxylation sites is 2. The van der Waals surface area contributed by atoms with Crippen molar-refractivity contribution in [1.29, 1.82) is 0 Å². The molecule has 4 aromatic carbocycles. The summed E-state index contributed by atoms with van der Waals surface area (Å²) in [5.74, 6) is 1.60. The third-order valence-corrected chi connectivity index (χ3v) is 6.76. The predicted octanol–water partition coefficient (Wildman–Crippen LogP) is 6.88. The fraction of sp³-hybridized carbons (Fsp3) is 0.0333. The van der Waals surface area contributed by atoms with Crippen molar-refractivity contribution in [3.05, 3.63) is 128 Å². The van der Waals surface area contributed by atoms with Crippen LogP contribution >= 0.6 is 22.6 Å². The fourth-order valence-corrected chi connectivity index (χ4v) is 4.75. The Morgan fingerprint density at radius 3 is 2.54 bits per heavy atom. The molecule has 0 unspecified atom stereocenters. The van der Waals surface area contributed by atoms with Crippen molar-refractivity contribution in [3.8, 4) is 17.3 Å². The number of halogens is 1. The normalized spacial score (nSPS) is 11.5. The second-order valence-corrected chi connectivity index (χ2v) is 9.59. The van der Waals surface area contributed by atoms with Crippen LogP contribution in [0.3, 0.4) is 0 Å². The Kier molecular flexibility index (Phi) is 6.28. The standard InChI is InChI=1S/C30H20IN3O3/c31-24-16-21(14-15-27(24)36-19-20-8-2-1-3-9-20)18-32-34-29(28-17-22-10-4-7-13-26(22)37-28)33-25-12-6-5-11-23(25)30(34)35/h1-18H,19H2. The fourth-order valence-electron chi connectivity index (χ4n) is 4.06. The second-order valence-electron chi connectivity index (χ2n) is 8.43. The first-order valence-electron chi connectivity index (χ1n) is 11.7. The Balaban J connectivity index is 1.36. The summed E-state index contributed by atoms with van der Waals surface area (Å²) in [6.45, 7) is 0.489. The molecule has 0 amide bonds. The molecule has 0 aliphatic rings. The molecule has 0 spiro atoms. The van der Waals surface area contributed by atoms with Crippen LogP contribution in [0.5, 0.6) is 5.75 Å². The first-order valence-corrected chi connectivity index (χ1v) is 12.7. The molecule has 2 heterocycles. The number of hydrogen-bond donors (Lipinski definition) is 0. The summed E-state index contributed by atoms with van der Waals surface area (Å²) in [5.41, 5.74) is 2.96. The molecular weight excluding hydrogens is 577 g/mol. The van der Waals surface area contributed by atoms with Crippen LogP contribution in [0.15, 0.2) is 117 Å². The van der Waals surface area contributed by atoms with Crippen molar-refractivity contribution in [3.63, 3.8) is 0 Å². The van der Waals surface area contributed by atoms with Crippen LogP contribution in [0.1, 0.15) is 11.1 Å². The summed E-state index contributed by atoms with van der Waals surface area (Å²) in [5, 5.41) is 5.96. The van der Waals surface area contributed by atoms with E-state index in [1.54, 1.807) is 12.3 Å². The molecule has 6 rings (SSSR count). The van der Waals surface area contributed by atoms with Gasteiger partial charge in [-0.3, -0.25) is 4.79 Å². The highest BCUT2D eigenvalue weighted by atomic mass is 127. The van der Waals surface area contributed by atoms with Gasteiger partial charge in [0.25, 0.3) is 5.56 Å². The highest BCUT2D eigenvalue weighted by Gasteiger charge is 2.16. The van der Waals surface area contributed by atoms with Crippen LogP contribution in [-0.2, 0) is 6.61 Å². The van der Waals surface area contributed by atoms with Crippen molar-refractivity contribution in [2.24, 2.45) is 5.10 Å². The van der Waals surface area contributed by atoms with Gasteiger partial charge in [-0.2, -0.15) is 9.78 Å². The number of aromatic nitrogens is 2. The van der Waals surface area contributed by atoms with Crippen molar-refractivity contribution < 1.29 is 9.15 Å². The van der Waals surface area contributed by atoms with Crippen LogP contribution in [0, 0.1) is 3.57 Å². The quantitative estimate of drug-likeness (QED) is 0.155. The lowest BCUT2D eigenvalue weighted by molar-refractivity contribution is 0.304. The Morgan fingerprint density at radius 2 is 1.70 bits per heavy atom. The van der Waals surface area contributed by atoms with Gasteiger partial charge in [0.15, 0.2) is 5.76 Å². The van der Waals surface area contributed by atoms with Gasteiger partial charge in [0.05, 0.1) is 20.7 Å². The SMILES string of the molecule is O=c1c2ccccc2nc(-c2cc3ccccc3o2)n1N=Cc1ccc(OCc2ccccc2)c(I)c1. The molecule has 7 heteroatoms. The third-order valence-electron chi connectivity index (χ3n) is 5.92. The lowest BCUT2D eigenvalue weighted by Crippen LogP contribution is -2.20. The maximum atomic E-state index is 13.4. The van der Waals surface area contributed by atoms with Gasteiger partial charge in [0, 0.05) is 5.39 Å². The Bertz CT molecular complexity index is 1790. The number of ether oxygens (including phenoxy) is 1. The molecule has 0 atom stereocenters. The lowest BCUT2D eigenvalue weighted by atomic mass is 10.2. The minimum Gasteiger partial charge on any atom is -0.488 e. The highest BCUT2D eigenvalue weighted by Crippen LogP contribution is 2.27. The van der Waals surface area contributed by atoms with E-state index < -0.39 is 0 Å². The minimum atomic E-state index is -0.269. The van der Waals surface area contributed by atoms with Gasteiger partial charge in [-0.05, 0) is 76.2 Å². The van der Waals surface area contributed by atoms with E-state index in [9.17, 15) is 4.79 Å². The molecule has 0 saturated carbocycles. The number of benzene rings is 4. The van der Waals surface area contributed by atoms with Gasteiger partial charge < -0.3 is 9.15 Å². The van der Waals surface area contributed by atoms with Crippen molar-refractivity contribution in [1.82, 2.24) is 9.66 Å². The maximum absolute atomic E-state index is 13.4. The lowest BCUT2D eigenvalue weighted by Gasteiger charge is -2.09. The van der Waals surface area contributed by atoms with E-state index in [-0.39, 0.29) is 5.56 Å². The van der Waals surface area contributed by atoms with Gasteiger partial charge in [0.2, 0.25) is 5.82 Å². The molecule has 0 bridgehead atoms. The van der Waals surface area contributed by atoms with E-state index in [4.69, 9.17) is 14.1 Å². The van der Waals surface area contributed by atoms with Crippen molar-refractivity contribution in [2.45, 2.75) is 6.61 Å². The van der Waals surface area contributed by atoms with Crippen LogP contribution in [-0.4, -0.2) is 15.9 Å². The van der Waals surface area contributed by atoms with Crippen molar-refractivity contribution in [2.75, 3.05) is 0 Å². The monoisotopic (exact) mass is 597 g/mol. The molecule has 180 valence electrons. The average molecular weight is 597 g/mol. The Morgan fingerprint density at radius 1 is 0.919 bits per heavy atom.